The van der Waals surface area contributed by atoms with Gasteiger partial charge in [-0.3, -0.25) is 0 Å². The van der Waals surface area contributed by atoms with Gasteiger partial charge in [0, 0.05) is 19.5 Å². The predicted molar refractivity (Wildman–Crippen MR) is 85.1 cm³/mol. The van der Waals surface area contributed by atoms with Crippen molar-refractivity contribution in [3.63, 3.8) is 0 Å². The van der Waals surface area contributed by atoms with Crippen molar-refractivity contribution < 1.29 is 48.8 Å². The second kappa shape index (κ2) is 15.6. The normalized spacial score (nSPS) is 11.0. The zero-order valence-electron chi connectivity index (χ0n) is 12.2. The van der Waals surface area contributed by atoms with Gasteiger partial charge < -0.3 is 35.8 Å². The van der Waals surface area contributed by atoms with Gasteiger partial charge in [0.2, 0.25) is 0 Å². The standard InChI is InChI=1S/C9H19.2H3O3PS.Zn/c1-8(2)6-5-7-9(3)4;2*1-4(2,3)5;/h5,8-9H,6-7H2,1-4H3;2*(H3,1,2,3,5);/q-1;;;. The van der Waals surface area contributed by atoms with Crippen molar-refractivity contribution in [2.45, 2.75) is 40.5 Å². The molecule has 6 nitrogen and oxygen atoms in total. The Morgan fingerprint density at radius 3 is 1.00 bits per heavy atom. The predicted octanol–water partition coefficient (Wildman–Crippen LogP) is 1.66. The van der Waals surface area contributed by atoms with Gasteiger partial charge in [0.15, 0.2) is 0 Å². The van der Waals surface area contributed by atoms with E-state index in [0.29, 0.717) is 0 Å². The Balaban J connectivity index is -0.000000101. The van der Waals surface area contributed by atoms with Crippen molar-refractivity contribution in [1.29, 1.82) is 0 Å². The Kier molecular flexibility index (Phi) is 23.1. The van der Waals surface area contributed by atoms with E-state index in [2.05, 4.69) is 57.7 Å². The molecule has 0 aromatic heterocycles. The SMILES string of the molecule is CC(C)C[CH-]CC(C)C.OP(O)(O)=S.OP(O)(O)=S.[Zn]. The molecule has 0 aliphatic rings. The summed E-state index contributed by atoms with van der Waals surface area (Å²) < 4.78 is 0. The van der Waals surface area contributed by atoms with Crippen LogP contribution in [0.4, 0.5) is 0 Å². The van der Waals surface area contributed by atoms with Crippen LogP contribution in [0.25, 0.3) is 0 Å². The molecule has 0 radical (unpaired) electrons. The van der Waals surface area contributed by atoms with E-state index in [9.17, 15) is 0 Å². The first-order valence-corrected chi connectivity index (χ1v) is 10.8. The minimum Gasteiger partial charge on any atom is -0.328 e. The van der Waals surface area contributed by atoms with Crippen LogP contribution >= 0.6 is 13.4 Å². The molecule has 0 saturated carbocycles. The Morgan fingerprint density at radius 1 is 0.750 bits per heavy atom. The summed E-state index contributed by atoms with van der Waals surface area (Å²) in [6, 6.07) is 0. The van der Waals surface area contributed by atoms with E-state index in [1.54, 1.807) is 0 Å². The van der Waals surface area contributed by atoms with Crippen molar-refractivity contribution in [1.82, 2.24) is 0 Å². The third kappa shape index (κ3) is 116. The molecule has 0 rings (SSSR count). The summed E-state index contributed by atoms with van der Waals surface area (Å²) in [4.78, 5) is 45.3. The molecular weight excluding hydrogens is 396 g/mol. The summed E-state index contributed by atoms with van der Waals surface area (Å²) in [5, 5.41) is 0. The van der Waals surface area contributed by atoms with E-state index in [-0.39, 0.29) is 19.5 Å². The van der Waals surface area contributed by atoms with E-state index in [0.717, 1.165) is 11.8 Å². The average Bonchev–Trinajstić information content (AvgIpc) is 1.94. The average molecular weight is 421 g/mol. The van der Waals surface area contributed by atoms with E-state index in [4.69, 9.17) is 29.4 Å². The Morgan fingerprint density at radius 2 is 0.900 bits per heavy atom. The second-order valence-corrected chi connectivity index (χ2v) is 9.57. The smallest absolute Gasteiger partial charge is 0.319 e. The fourth-order valence-electron chi connectivity index (χ4n) is 0.763. The van der Waals surface area contributed by atoms with Crippen LogP contribution in [-0.4, -0.2) is 29.4 Å². The van der Waals surface area contributed by atoms with E-state index in [1.165, 1.54) is 12.8 Å². The van der Waals surface area contributed by atoms with Crippen LogP contribution in [-0.2, 0) is 43.1 Å². The fraction of sp³-hybridized carbons (Fsp3) is 0.889. The first kappa shape index (κ1) is 29.7. The third-order valence-corrected chi connectivity index (χ3v) is 1.28. The van der Waals surface area contributed by atoms with Crippen LogP contribution in [0.1, 0.15) is 40.5 Å². The molecule has 0 bridgehead atoms. The van der Waals surface area contributed by atoms with Gasteiger partial charge >= 0.3 is 13.4 Å². The van der Waals surface area contributed by atoms with Crippen molar-refractivity contribution in [3.05, 3.63) is 6.42 Å². The molecule has 0 atom stereocenters. The van der Waals surface area contributed by atoms with Gasteiger partial charge in [-0.15, -0.1) is 0 Å². The van der Waals surface area contributed by atoms with Gasteiger partial charge in [-0.1, -0.05) is 39.5 Å². The van der Waals surface area contributed by atoms with Gasteiger partial charge in [0.05, 0.1) is 0 Å². The zero-order valence-corrected chi connectivity index (χ0v) is 18.6. The molecule has 0 aromatic carbocycles. The van der Waals surface area contributed by atoms with Crippen LogP contribution < -0.4 is 0 Å². The summed E-state index contributed by atoms with van der Waals surface area (Å²) in [6.45, 7) is 1.43. The maximum Gasteiger partial charge on any atom is 0.319 e. The molecule has 6 N–H and O–H groups in total. The molecule has 0 fully saturated rings. The molecule has 0 heterocycles. The molecule has 0 amide bonds. The number of rotatable bonds is 4. The van der Waals surface area contributed by atoms with Crippen molar-refractivity contribution in [2.75, 3.05) is 0 Å². The van der Waals surface area contributed by atoms with Crippen molar-refractivity contribution in [2.24, 2.45) is 11.8 Å². The molecule has 0 aliphatic carbocycles. The Hall–Kier alpha value is 1.68. The van der Waals surface area contributed by atoms with E-state index in [1.807, 2.05) is 0 Å². The fourth-order valence-corrected chi connectivity index (χ4v) is 0.763. The van der Waals surface area contributed by atoms with Gasteiger partial charge in [-0.25, -0.2) is 0 Å². The van der Waals surface area contributed by atoms with E-state index < -0.39 is 13.4 Å². The molecule has 0 aromatic rings. The molecule has 20 heavy (non-hydrogen) atoms. The molecule has 0 spiro atoms. The maximum atomic E-state index is 7.56. The minimum absolute atomic E-state index is 0. The number of hydrogen-bond acceptors (Lipinski definition) is 2. The quantitative estimate of drug-likeness (QED) is 0.231. The topological polar surface area (TPSA) is 121 Å². The second-order valence-electron chi connectivity index (χ2n) is 4.57. The van der Waals surface area contributed by atoms with Crippen LogP contribution in [0, 0.1) is 18.3 Å². The van der Waals surface area contributed by atoms with E-state index >= 15 is 0 Å². The molecular formula is C9H25O6P2S2Zn-. The molecule has 0 aliphatic heterocycles. The van der Waals surface area contributed by atoms with Crippen LogP contribution in [0.3, 0.4) is 0 Å². The van der Waals surface area contributed by atoms with Gasteiger partial charge in [0.25, 0.3) is 0 Å². The summed E-state index contributed by atoms with van der Waals surface area (Å²) >= 11 is 7.21. The monoisotopic (exact) mass is 419 g/mol. The number of hydrogen-bond donors (Lipinski definition) is 6. The van der Waals surface area contributed by atoms with Crippen molar-refractivity contribution >= 4 is 37.1 Å². The van der Waals surface area contributed by atoms with Crippen LogP contribution in [0.15, 0.2) is 0 Å². The Labute approximate surface area is 144 Å². The maximum absolute atomic E-state index is 7.56. The summed E-state index contributed by atoms with van der Waals surface area (Å²) in [5.74, 6) is 1.67. The summed E-state index contributed by atoms with van der Waals surface area (Å²) in [5.41, 5.74) is 0. The largest absolute Gasteiger partial charge is 0.328 e. The molecule has 0 saturated heterocycles. The third-order valence-electron chi connectivity index (χ3n) is 1.28. The van der Waals surface area contributed by atoms with Crippen molar-refractivity contribution in [3.8, 4) is 0 Å². The zero-order chi connectivity index (χ0) is 16.3. The van der Waals surface area contributed by atoms with Gasteiger partial charge in [-0.05, 0) is 23.6 Å². The molecule has 122 valence electrons. The molecule has 0 unspecified atom stereocenters. The molecule has 11 heteroatoms. The summed E-state index contributed by atoms with van der Waals surface area (Å²) in [6.07, 6.45) is 4.95. The van der Waals surface area contributed by atoms with Crippen LogP contribution in [0.5, 0.6) is 0 Å². The van der Waals surface area contributed by atoms with Crippen LogP contribution in [0.2, 0.25) is 0 Å². The first-order valence-electron chi connectivity index (χ1n) is 5.51. The first-order chi connectivity index (χ1) is 8.13. The van der Waals surface area contributed by atoms with Gasteiger partial charge in [-0.2, -0.15) is 12.8 Å². The van der Waals surface area contributed by atoms with Gasteiger partial charge in [0.1, 0.15) is 0 Å². The Bertz CT molecular complexity index is 248. The minimum atomic E-state index is -3.81. The summed E-state index contributed by atoms with van der Waals surface area (Å²) in [7, 11) is 0.